The van der Waals surface area contributed by atoms with Gasteiger partial charge >= 0.3 is 0 Å². The SMILES string of the molecule is C=CCCCOc1ccc(-c2ccc(OCc3ccc(C4CCC(C)CC4)c(F)c3F)cc2)cc1F. The molecule has 2 nitrogen and oxygen atoms in total. The fraction of sp³-hybridized carbons (Fsp3) is 0.355. The second-order valence-electron chi connectivity index (χ2n) is 9.64. The largest absolute Gasteiger partial charge is 0.491 e. The van der Waals surface area contributed by atoms with Crippen molar-refractivity contribution < 1.29 is 22.6 Å². The van der Waals surface area contributed by atoms with E-state index in [1.165, 1.54) is 6.07 Å². The molecule has 36 heavy (non-hydrogen) atoms. The topological polar surface area (TPSA) is 18.5 Å². The van der Waals surface area contributed by atoms with Crippen molar-refractivity contribution >= 4 is 0 Å². The summed E-state index contributed by atoms with van der Waals surface area (Å²) in [5.74, 6) is -0.520. The molecule has 3 aromatic rings. The molecule has 3 aromatic carbocycles. The minimum absolute atomic E-state index is 0.0728. The highest BCUT2D eigenvalue weighted by molar-refractivity contribution is 5.65. The first-order chi connectivity index (χ1) is 17.5. The van der Waals surface area contributed by atoms with Gasteiger partial charge in [0.25, 0.3) is 0 Å². The lowest BCUT2D eigenvalue weighted by Gasteiger charge is -2.27. The van der Waals surface area contributed by atoms with Crippen molar-refractivity contribution in [2.45, 2.75) is 58.0 Å². The fourth-order valence-electron chi connectivity index (χ4n) is 4.71. The van der Waals surface area contributed by atoms with Gasteiger partial charge in [0.1, 0.15) is 12.4 Å². The van der Waals surface area contributed by atoms with Crippen LogP contribution in [-0.4, -0.2) is 6.61 Å². The van der Waals surface area contributed by atoms with Gasteiger partial charge in [-0.25, -0.2) is 13.2 Å². The molecule has 5 heteroatoms. The zero-order valence-corrected chi connectivity index (χ0v) is 20.7. The Bertz CT molecular complexity index is 1170. The molecule has 0 N–H and O–H groups in total. The molecule has 0 radical (unpaired) electrons. The number of rotatable bonds is 10. The number of allylic oxidation sites excluding steroid dienone is 1. The average Bonchev–Trinajstić information content (AvgIpc) is 2.89. The first-order valence-corrected chi connectivity index (χ1v) is 12.7. The van der Waals surface area contributed by atoms with Gasteiger partial charge < -0.3 is 9.47 Å². The maximum absolute atomic E-state index is 14.8. The molecule has 1 aliphatic rings. The number of hydrogen-bond donors (Lipinski definition) is 0. The molecule has 0 amide bonds. The van der Waals surface area contributed by atoms with Crippen LogP contribution in [0.3, 0.4) is 0 Å². The Labute approximate surface area is 211 Å². The van der Waals surface area contributed by atoms with Crippen molar-refractivity contribution in [1.82, 2.24) is 0 Å². The molecule has 1 fully saturated rings. The van der Waals surface area contributed by atoms with Crippen LogP contribution >= 0.6 is 0 Å². The van der Waals surface area contributed by atoms with Gasteiger partial charge in [-0.3, -0.25) is 0 Å². The summed E-state index contributed by atoms with van der Waals surface area (Å²) < 4.78 is 55.2. The quantitative estimate of drug-likeness (QED) is 0.207. The summed E-state index contributed by atoms with van der Waals surface area (Å²) in [5.41, 5.74) is 2.18. The van der Waals surface area contributed by atoms with Crippen LogP contribution < -0.4 is 9.47 Å². The van der Waals surface area contributed by atoms with E-state index < -0.39 is 17.5 Å². The Morgan fingerprint density at radius 2 is 1.58 bits per heavy atom. The zero-order valence-electron chi connectivity index (χ0n) is 20.7. The molecule has 190 valence electrons. The van der Waals surface area contributed by atoms with Gasteiger partial charge in [-0.2, -0.15) is 0 Å². The second kappa shape index (κ2) is 12.2. The number of benzene rings is 3. The highest BCUT2D eigenvalue weighted by Crippen LogP contribution is 2.37. The first-order valence-electron chi connectivity index (χ1n) is 12.7. The van der Waals surface area contributed by atoms with E-state index in [1.54, 1.807) is 54.6 Å². The van der Waals surface area contributed by atoms with Crippen LogP contribution in [0.4, 0.5) is 13.2 Å². The summed E-state index contributed by atoms with van der Waals surface area (Å²) in [6.07, 6.45) is 7.30. The molecule has 1 saturated carbocycles. The third-order valence-corrected chi connectivity index (χ3v) is 6.97. The van der Waals surface area contributed by atoms with Crippen LogP contribution in [-0.2, 0) is 6.61 Å². The minimum atomic E-state index is -0.829. The molecule has 1 aliphatic carbocycles. The summed E-state index contributed by atoms with van der Waals surface area (Å²) >= 11 is 0. The average molecular weight is 495 g/mol. The summed E-state index contributed by atoms with van der Waals surface area (Å²) in [6.45, 7) is 6.22. The van der Waals surface area contributed by atoms with Crippen LogP contribution in [0, 0.1) is 23.4 Å². The molecule has 0 unspecified atom stereocenters. The first kappa shape index (κ1) is 25.9. The second-order valence-corrected chi connectivity index (χ2v) is 9.64. The smallest absolute Gasteiger partial charge is 0.165 e. The van der Waals surface area contributed by atoms with Crippen molar-refractivity contribution in [3.05, 3.63) is 95.8 Å². The molecule has 0 aliphatic heterocycles. The van der Waals surface area contributed by atoms with Crippen LogP contribution in [0.2, 0.25) is 0 Å². The number of hydrogen-bond acceptors (Lipinski definition) is 2. The van der Waals surface area contributed by atoms with Crippen LogP contribution in [0.15, 0.2) is 67.3 Å². The van der Waals surface area contributed by atoms with Crippen molar-refractivity contribution in [3.8, 4) is 22.6 Å². The van der Waals surface area contributed by atoms with Crippen molar-refractivity contribution in [1.29, 1.82) is 0 Å². The van der Waals surface area contributed by atoms with Gasteiger partial charge in [-0.15, -0.1) is 6.58 Å². The van der Waals surface area contributed by atoms with Gasteiger partial charge in [0.2, 0.25) is 0 Å². The van der Waals surface area contributed by atoms with Crippen LogP contribution in [0.5, 0.6) is 11.5 Å². The van der Waals surface area contributed by atoms with E-state index in [4.69, 9.17) is 9.47 Å². The van der Waals surface area contributed by atoms with Crippen LogP contribution in [0.1, 0.15) is 62.5 Å². The van der Waals surface area contributed by atoms with E-state index in [2.05, 4.69) is 13.5 Å². The lowest BCUT2D eigenvalue weighted by molar-refractivity contribution is 0.295. The van der Waals surface area contributed by atoms with E-state index in [-0.39, 0.29) is 23.8 Å². The van der Waals surface area contributed by atoms with Crippen molar-refractivity contribution in [3.63, 3.8) is 0 Å². The van der Waals surface area contributed by atoms with Crippen molar-refractivity contribution in [2.75, 3.05) is 6.61 Å². The molecule has 0 atom stereocenters. The molecule has 0 heterocycles. The highest BCUT2D eigenvalue weighted by Gasteiger charge is 2.24. The monoisotopic (exact) mass is 494 g/mol. The maximum atomic E-state index is 14.8. The van der Waals surface area contributed by atoms with E-state index in [0.29, 0.717) is 29.4 Å². The van der Waals surface area contributed by atoms with Gasteiger partial charge in [-0.1, -0.05) is 56.2 Å². The van der Waals surface area contributed by atoms with Gasteiger partial charge in [0.15, 0.2) is 23.2 Å². The maximum Gasteiger partial charge on any atom is 0.165 e. The lowest BCUT2D eigenvalue weighted by atomic mass is 9.79. The Morgan fingerprint density at radius 3 is 2.28 bits per heavy atom. The van der Waals surface area contributed by atoms with Gasteiger partial charge in [0.05, 0.1) is 6.61 Å². The zero-order chi connectivity index (χ0) is 25.5. The fourth-order valence-corrected chi connectivity index (χ4v) is 4.71. The number of ether oxygens (including phenoxy) is 2. The normalized spacial score (nSPS) is 17.6. The molecule has 0 spiro atoms. The van der Waals surface area contributed by atoms with Crippen molar-refractivity contribution in [2.24, 2.45) is 5.92 Å². The predicted octanol–water partition coefficient (Wildman–Crippen LogP) is 8.99. The molecular formula is C31H33F3O2. The molecule has 4 rings (SSSR count). The van der Waals surface area contributed by atoms with E-state index in [9.17, 15) is 13.2 Å². The Hall–Kier alpha value is -3.21. The van der Waals surface area contributed by atoms with Gasteiger partial charge in [-0.05, 0) is 78.5 Å². The van der Waals surface area contributed by atoms with Gasteiger partial charge in [0, 0.05) is 5.56 Å². The Kier molecular flexibility index (Phi) is 8.74. The summed E-state index contributed by atoms with van der Waals surface area (Å²) in [6, 6.07) is 15.3. The third kappa shape index (κ3) is 6.31. The third-order valence-electron chi connectivity index (χ3n) is 6.97. The molecule has 0 saturated heterocycles. The number of halogens is 3. The summed E-state index contributed by atoms with van der Waals surface area (Å²) in [4.78, 5) is 0. The predicted molar refractivity (Wildman–Crippen MR) is 138 cm³/mol. The lowest BCUT2D eigenvalue weighted by Crippen LogP contribution is -2.13. The van der Waals surface area contributed by atoms with E-state index in [0.717, 1.165) is 44.1 Å². The summed E-state index contributed by atoms with van der Waals surface area (Å²) in [5, 5.41) is 0. The molecule has 0 bridgehead atoms. The number of unbranched alkanes of at least 4 members (excludes halogenated alkanes) is 1. The highest BCUT2D eigenvalue weighted by atomic mass is 19.2. The van der Waals surface area contributed by atoms with Crippen LogP contribution in [0.25, 0.3) is 11.1 Å². The Balaban J connectivity index is 1.36. The van der Waals surface area contributed by atoms with E-state index in [1.807, 2.05) is 0 Å². The Morgan fingerprint density at radius 1 is 0.861 bits per heavy atom. The molecular weight excluding hydrogens is 461 g/mol. The summed E-state index contributed by atoms with van der Waals surface area (Å²) in [7, 11) is 0. The standard InChI is InChI=1S/C31H33F3O2/c1-3-4-5-18-35-29-17-13-24(19-28(29)32)22-10-14-26(15-11-22)36-20-25-12-16-27(31(34)30(25)33)23-8-6-21(2)7-9-23/h3,10-17,19,21,23H,1,4-9,18,20H2,2H3. The van der Waals surface area contributed by atoms with E-state index >= 15 is 0 Å². The minimum Gasteiger partial charge on any atom is -0.491 e. The molecule has 0 aromatic heterocycles.